The largest absolute Gasteiger partial charge is 0.372 e. The molecule has 1 aromatic heterocycles. The number of rotatable bonds is 3. The van der Waals surface area contributed by atoms with E-state index in [1.165, 1.54) is 5.39 Å². The molecule has 3 heteroatoms. The third-order valence-electron chi connectivity index (χ3n) is 3.41. The van der Waals surface area contributed by atoms with Crippen molar-refractivity contribution in [3.05, 3.63) is 42.1 Å². The molecular formula is C15H18N2O. The molecule has 0 aliphatic carbocycles. The number of para-hydroxylation sites is 1. The number of ether oxygens (including phenoxy) is 1. The van der Waals surface area contributed by atoms with E-state index in [1.807, 2.05) is 18.2 Å². The summed E-state index contributed by atoms with van der Waals surface area (Å²) < 4.78 is 5.92. The fraction of sp³-hybridized carbons (Fsp3) is 0.400. The summed E-state index contributed by atoms with van der Waals surface area (Å²) >= 11 is 0. The third kappa shape index (κ3) is 2.68. The fourth-order valence-corrected chi connectivity index (χ4v) is 2.35. The third-order valence-corrected chi connectivity index (χ3v) is 3.41. The lowest BCUT2D eigenvalue weighted by molar-refractivity contribution is 0.0197. The summed E-state index contributed by atoms with van der Waals surface area (Å²) in [6.45, 7) is 2.75. The molecule has 0 saturated carbocycles. The van der Waals surface area contributed by atoms with Gasteiger partial charge in [-0.15, -0.1) is 0 Å². The number of piperidine rings is 1. The van der Waals surface area contributed by atoms with Crippen molar-refractivity contribution in [3.63, 3.8) is 0 Å². The standard InChI is InChI=1S/C15H18N2O/c1-2-4-15-12(3-1)5-6-13(17-15)11-18-14-7-9-16-10-8-14/h1-6,14,16H,7-11H2. The second-order valence-electron chi connectivity index (χ2n) is 4.76. The molecule has 0 spiro atoms. The first kappa shape index (κ1) is 11.6. The average Bonchev–Trinajstić information content (AvgIpc) is 2.46. The quantitative estimate of drug-likeness (QED) is 0.898. The maximum atomic E-state index is 5.92. The summed E-state index contributed by atoms with van der Waals surface area (Å²) in [7, 11) is 0. The van der Waals surface area contributed by atoms with E-state index in [4.69, 9.17) is 4.74 Å². The molecule has 3 rings (SSSR count). The van der Waals surface area contributed by atoms with Gasteiger partial charge < -0.3 is 10.1 Å². The van der Waals surface area contributed by atoms with Gasteiger partial charge in [-0.05, 0) is 38.1 Å². The van der Waals surface area contributed by atoms with E-state index in [-0.39, 0.29) is 0 Å². The topological polar surface area (TPSA) is 34.1 Å². The van der Waals surface area contributed by atoms with Gasteiger partial charge in [0.15, 0.2) is 0 Å². The van der Waals surface area contributed by atoms with Crippen molar-refractivity contribution >= 4 is 10.9 Å². The minimum Gasteiger partial charge on any atom is -0.372 e. The van der Waals surface area contributed by atoms with Crippen LogP contribution in [0.25, 0.3) is 10.9 Å². The minimum atomic E-state index is 0.388. The van der Waals surface area contributed by atoms with Gasteiger partial charge in [-0.3, -0.25) is 4.98 Å². The monoisotopic (exact) mass is 242 g/mol. The summed E-state index contributed by atoms with van der Waals surface area (Å²) in [6.07, 6.45) is 2.60. The van der Waals surface area contributed by atoms with Crippen molar-refractivity contribution in [2.75, 3.05) is 13.1 Å². The zero-order chi connectivity index (χ0) is 12.2. The molecule has 1 aliphatic rings. The van der Waals surface area contributed by atoms with Gasteiger partial charge in [0.2, 0.25) is 0 Å². The van der Waals surface area contributed by atoms with Gasteiger partial charge in [0.05, 0.1) is 23.9 Å². The normalized spacial score (nSPS) is 17.1. The predicted octanol–water partition coefficient (Wildman–Crippen LogP) is 2.50. The highest BCUT2D eigenvalue weighted by Crippen LogP contribution is 2.14. The van der Waals surface area contributed by atoms with E-state index in [9.17, 15) is 0 Å². The van der Waals surface area contributed by atoms with Crippen molar-refractivity contribution in [1.29, 1.82) is 0 Å². The van der Waals surface area contributed by atoms with Crippen LogP contribution in [0.2, 0.25) is 0 Å². The first-order chi connectivity index (χ1) is 8.92. The summed E-state index contributed by atoms with van der Waals surface area (Å²) in [6, 6.07) is 12.4. The number of nitrogens with zero attached hydrogens (tertiary/aromatic N) is 1. The SMILES string of the molecule is c1ccc2nc(COC3CCNCC3)ccc2c1. The Balaban J connectivity index is 1.66. The van der Waals surface area contributed by atoms with E-state index >= 15 is 0 Å². The van der Waals surface area contributed by atoms with Crippen LogP contribution in [0.4, 0.5) is 0 Å². The summed E-state index contributed by atoms with van der Waals surface area (Å²) in [5, 5.41) is 4.52. The smallest absolute Gasteiger partial charge is 0.0891 e. The number of nitrogens with one attached hydrogen (secondary N) is 1. The van der Waals surface area contributed by atoms with E-state index in [2.05, 4.69) is 28.5 Å². The van der Waals surface area contributed by atoms with Crippen LogP contribution < -0.4 is 5.32 Å². The molecule has 1 fully saturated rings. The van der Waals surface area contributed by atoms with Crippen LogP contribution in [0.5, 0.6) is 0 Å². The number of hydrogen-bond acceptors (Lipinski definition) is 3. The Labute approximate surface area is 107 Å². The van der Waals surface area contributed by atoms with Crippen LogP contribution >= 0.6 is 0 Å². The second kappa shape index (κ2) is 5.46. The summed E-state index contributed by atoms with van der Waals surface area (Å²) in [4.78, 5) is 4.62. The van der Waals surface area contributed by atoms with Gasteiger partial charge in [0.25, 0.3) is 0 Å². The molecule has 0 unspecified atom stereocenters. The molecule has 18 heavy (non-hydrogen) atoms. The highest BCUT2D eigenvalue weighted by atomic mass is 16.5. The lowest BCUT2D eigenvalue weighted by atomic mass is 10.1. The molecule has 2 aromatic rings. The zero-order valence-corrected chi connectivity index (χ0v) is 10.4. The van der Waals surface area contributed by atoms with E-state index in [0.29, 0.717) is 12.7 Å². The molecule has 0 amide bonds. The summed E-state index contributed by atoms with van der Waals surface area (Å²) in [5.74, 6) is 0. The van der Waals surface area contributed by atoms with Gasteiger partial charge in [0, 0.05) is 5.39 Å². The molecule has 0 atom stereocenters. The molecule has 0 bridgehead atoms. The van der Waals surface area contributed by atoms with E-state index < -0.39 is 0 Å². The Morgan fingerprint density at radius 1 is 1.11 bits per heavy atom. The second-order valence-corrected chi connectivity index (χ2v) is 4.76. The Morgan fingerprint density at radius 2 is 1.94 bits per heavy atom. The van der Waals surface area contributed by atoms with Crippen LogP contribution in [0.3, 0.4) is 0 Å². The van der Waals surface area contributed by atoms with Crippen LogP contribution in [-0.4, -0.2) is 24.2 Å². The first-order valence-electron chi connectivity index (χ1n) is 6.59. The van der Waals surface area contributed by atoms with Gasteiger partial charge in [-0.2, -0.15) is 0 Å². The molecule has 1 saturated heterocycles. The molecule has 2 heterocycles. The molecule has 0 radical (unpaired) electrons. The van der Waals surface area contributed by atoms with Crippen molar-refractivity contribution < 1.29 is 4.74 Å². The van der Waals surface area contributed by atoms with Crippen LogP contribution in [0.15, 0.2) is 36.4 Å². The number of benzene rings is 1. The van der Waals surface area contributed by atoms with Gasteiger partial charge in [-0.25, -0.2) is 0 Å². The number of fused-ring (bicyclic) bond motifs is 1. The maximum Gasteiger partial charge on any atom is 0.0891 e. The number of pyridine rings is 1. The average molecular weight is 242 g/mol. The lowest BCUT2D eigenvalue weighted by Gasteiger charge is -2.22. The van der Waals surface area contributed by atoms with E-state index in [0.717, 1.165) is 37.1 Å². The van der Waals surface area contributed by atoms with Crippen molar-refractivity contribution in [3.8, 4) is 0 Å². The Bertz CT molecular complexity index is 521. The van der Waals surface area contributed by atoms with Gasteiger partial charge >= 0.3 is 0 Å². The highest BCUT2D eigenvalue weighted by Gasteiger charge is 2.13. The zero-order valence-electron chi connectivity index (χ0n) is 10.4. The Morgan fingerprint density at radius 3 is 2.83 bits per heavy atom. The number of hydrogen-bond donors (Lipinski definition) is 1. The van der Waals surface area contributed by atoms with Crippen LogP contribution in [-0.2, 0) is 11.3 Å². The highest BCUT2D eigenvalue weighted by molar-refractivity contribution is 5.78. The van der Waals surface area contributed by atoms with Crippen molar-refractivity contribution in [2.45, 2.75) is 25.6 Å². The minimum absolute atomic E-state index is 0.388. The predicted molar refractivity (Wildman–Crippen MR) is 72.4 cm³/mol. The molecule has 1 N–H and O–H groups in total. The fourth-order valence-electron chi connectivity index (χ4n) is 2.35. The lowest BCUT2D eigenvalue weighted by Crippen LogP contribution is -2.32. The van der Waals surface area contributed by atoms with Crippen LogP contribution in [0.1, 0.15) is 18.5 Å². The Hall–Kier alpha value is -1.45. The van der Waals surface area contributed by atoms with Gasteiger partial charge in [0.1, 0.15) is 0 Å². The molecule has 1 aliphatic heterocycles. The number of aromatic nitrogens is 1. The van der Waals surface area contributed by atoms with Crippen molar-refractivity contribution in [2.24, 2.45) is 0 Å². The summed E-state index contributed by atoms with van der Waals surface area (Å²) in [5.41, 5.74) is 2.07. The molecular weight excluding hydrogens is 224 g/mol. The van der Waals surface area contributed by atoms with Crippen molar-refractivity contribution in [1.82, 2.24) is 10.3 Å². The molecule has 3 nitrogen and oxygen atoms in total. The molecule has 94 valence electrons. The Kier molecular flexibility index (Phi) is 3.53. The maximum absolute atomic E-state index is 5.92. The van der Waals surface area contributed by atoms with Gasteiger partial charge in [-0.1, -0.05) is 24.3 Å². The first-order valence-corrected chi connectivity index (χ1v) is 6.59. The van der Waals surface area contributed by atoms with Crippen LogP contribution in [0, 0.1) is 0 Å². The molecule has 1 aromatic carbocycles. The van der Waals surface area contributed by atoms with E-state index in [1.54, 1.807) is 0 Å².